The zero-order chi connectivity index (χ0) is 15.1. The van der Waals surface area contributed by atoms with Crippen LogP contribution >= 0.6 is 0 Å². The Bertz CT molecular complexity index is 630. The Kier molecular flexibility index (Phi) is 5.26. The Balaban J connectivity index is 1.67. The summed E-state index contributed by atoms with van der Waals surface area (Å²) in [4.78, 5) is 25.1. The van der Waals surface area contributed by atoms with E-state index < -0.39 is 0 Å². The number of aromatic amines is 1. The molecule has 2 aromatic rings. The predicted molar refractivity (Wildman–Crippen MR) is 78.7 cm³/mol. The number of benzene rings is 1. The average Bonchev–Trinajstić information content (AvgIpc) is 2.49. The lowest BCUT2D eigenvalue weighted by Crippen LogP contribution is -2.25. The van der Waals surface area contributed by atoms with Crippen molar-refractivity contribution in [1.82, 2.24) is 10.3 Å². The highest BCUT2D eigenvalue weighted by atomic mass is 19.1. The van der Waals surface area contributed by atoms with Crippen LogP contribution in [0.15, 0.2) is 47.4 Å². The first-order valence-electron chi connectivity index (χ1n) is 6.86. The zero-order valence-corrected chi connectivity index (χ0v) is 11.6. The lowest BCUT2D eigenvalue weighted by molar-refractivity contribution is 0.0952. The molecule has 1 aromatic heterocycles. The van der Waals surface area contributed by atoms with Crippen LogP contribution in [0.2, 0.25) is 0 Å². The average molecular weight is 288 g/mol. The molecular formula is C16H17FN2O2. The second-order valence-corrected chi connectivity index (χ2v) is 4.78. The summed E-state index contributed by atoms with van der Waals surface area (Å²) < 4.78 is 12.7. The zero-order valence-electron chi connectivity index (χ0n) is 11.6. The van der Waals surface area contributed by atoms with E-state index in [-0.39, 0.29) is 17.3 Å². The molecule has 0 atom stereocenters. The lowest BCUT2D eigenvalue weighted by Gasteiger charge is -2.05. The van der Waals surface area contributed by atoms with Crippen LogP contribution in [0.3, 0.4) is 0 Å². The number of carbonyl (C=O) groups excluding carboxylic acids is 1. The summed E-state index contributed by atoms with van der Waals surface area (Å²) in [5.74, 6) is -0.431. The first-order chi connectivity index (χ1) is 10.1. The van der Waals surface area contributed by atoms with Crippen molar-refractivity contribution in [2.45, 2.75) is 19.3 Å². The van der Waals surface area contributed by atoms with Gasteiger partial charge < -0.3 is 10.3 Å². The van der Waals surface area contributed by atoms with Gasteiger partial charge in [0.1, 0.15) is 5.82 Å². The highest BCUT2D eigenvalue weighted by Crippen LogP contribution is 2.06. The molecule has 110 valence electrons. The quantitative estimate of drug-likeness (QED) is 0.801. The highest BCUT2D eigenvalue weighted by Gasteiger charge is 2.04. The Morgan fingerprint density at radius 3 is 2.52 bits per heavy atom. The van der Waals surface area contributed by atoms with Crippen LogP contribution in [-0.2, 0) is 6.42 Å². The van der Waals surface area contributed by atoms with E-state index in [0.717, 1.165) is 24.8 Å². The molecule has 1 heterocycles. The van der Waals surface area contributed by atoms with Gasteiger partial charge in [0.15, 0.2) is 0 Å². The van der Waals surface area contributed by atoms with Gasteiger partial charge in [-0.05, 0) is 43.0 Å². The SMILES string of the molecule is O=C(NCCCCc1ccc(F)cc1)c1ccc(=O)[nH]c1. The fourth-order valence-corrected chi connectivity index (χ4v) is 1.96. The molecule has 2 N–H and O–H groups in total. The number of aryl methyl sites for hydroxylation is 1. The molecule has 0 saturated carbocycles. The van der Waals surface area contributed by atoms with Gasteiger partial charge in [-0.25, -0.2) is 4.39 Å². The van der Waals surface area contributed by atoms with Crippen LogP contribution in [0.5, 0.6) is 0 Å². The maximum Gasteiger partial charge on any atom is 0.252 e. The van der Waals surface area contributed by atoms with Gasteiger partial charge in [-0.3, -0.25) is 9.59 Å². The molecule has 0 aliphatic carbocycles. The number of aromatic nitrogens is 1. The van der Waals surface area contributed by atoms with Gasteiger partial charge in [0.25, 0.3) is 5.91 Å². The van der Waals surface area contributed by atoms with Crippen molar-refractivity contribution >= 4 is 5.91 Å². The summed E-state index contributed by atoms with van der Waals surface area (Å²) >= 11 is 0. The second-order valence-electron chi connectivity index (χ2n) is 4.78. The molecule has 0 saturated heterocycles. The van der Waals surface area contributed by atoms with E-state index in [4.69, 9.17) is 0 Å². The number of halogens is 1. The first kappa shape index (κ1) is 15.0. The molecule has 2 rings (SSSR count). The van der Waals surface area contributed by atoms with Gasteiger partial charge in [0, 0.05) is 18.8 Å². The van der Waals surface area contributed by atoms with Crippen LogP contribution in [-0.4, -0.2) is 17.4 Å². The number of nitrogens with one attached hydrogen (secondary N) is 2. The Labute approximate surface area is 122 Å². The number of unbranched alkanes of at least 4 members (excludes halogenated alkanes) is 1. The van der Waals surface area contributed by atoms with E-state index in [2.05, 4.69) is 10.3 Å². The topological polar surface area (TPSA) is 62.0 Å². The number of H-pyrrole nitrogens is 1. The number of hydrogen-bond acceptors (Lipinski definition) is 2. The van der Waals surface area contributed by atoms with E-state index in [9.17, 15) is 14.0 Å². The molecule has 0 radical (unpaired) electrons. The number of pyridine rings is 1. The number of amides is 1. The molecule has 1 aromatic carbocycles. The maximum atomic E-state index is 12.7. The van der Waals surface area contributed by atoms with E-state index >= 15 is 0 Å². The molecular weight excluding hydrogens is 271 g/mol. The van der Waals surface area contributed by atoms with Crippen molar-refractivity contribution in [3.8, 4) is 0 Å². The molecule has 0 unspecified atom stereocenters. The summed E-state index contributed by atoms with van der Waals surface area (Å²) in [6.45, 7) is 0.569. The molecule has 21 heavy (non-hydrogen) atoms. The number of hydrogen-bond donors (Lipinski definition) is 2. The van der Waals surface area contributed by atoms with Crippen molar-refractivity contribution in [1.29, 1.82) is 0 Å². The fourth-order valence-electron chi connectivity index (χ4n) is 1.96. The number of rotatable bonds is 6. The first-order valence-corrected chi connectivity index (χ1v) is 6.86. The summed E-state index contributed by atoms with van der Waals surface area (Å²) in [5.41, 5.74) is 1.29. The van der Waals surface area contributed by atoms with Crippen molar-refractivity contribution in [2.24, 2.45) is 0 Å². The third-order valence-corrected chi connectivity index (χ3v) is 3.14. The van der Waals surface area contributed by atoms with Crippen LogP contribution in [0.1, 0.15) is 28.8 Å². The van der Waals surface area contributed by atoms with Crippen molar-refractivity contribution in [3.63, 3.8) is 0 Å². The molecule has 0 aliphatic heterocycles. The number of carbonyl (C=O) groups is 1. The minimum Gasteiger partial charge on any atom is -0.352 e. The molecule has 0 bridgehead atoms. The van der Waals surface area contributed by atoms with Crippen LogP contribution in [0.25, 0.3) is 0 Å². The van der Waals surface area contributed by atoms with Gasteiger partial charge in [-0.1, -0.05) is 12.1 Å². The fraction of sp³-hybridized carbons (Fsp3) is 0.250. The summed E-state index contributed by atoms with van der Waals surface area (Å²) in [6.07, 6.45) is 4.01. The molecule has 4 nitrogen and oxygen atoms in total. The largest absolute Gasteiger partial charge is 0.352 e. The van der Waals surface area contributed by atoms with Crippen LogP contribution in [0, 0.1) is 5.82 Å². The minimum atomic E-state index is -0.231. The maximum absolute atomic E-state index is 12.7. The van der Waals surface area contributed by atoms with Crippen LogP contribution < -0.4 is 10.9 Å². The standard InChI is InChI=1S/C16H17FN2O2/c17-14-7-4-12(5-8-14)3-1-2-10-18-16(21)13-6-9-15(20)19-11-13/h4-9,11H,1-3,10H2,(H,18,21)(H,19,20). The van der Waals surface area contributed by atoms with E-state index in [1.807, 2.05) is 0 Å². The molecule has 1 amide bonds. The van der Waals surface area contributed by atoms with Gasteiger partial charge >= 0.3 is 0 Å². The van der Waals surface area contributed by atoms with Crippen molar-refractivity contribution < 1.29 is 9.18 Å². The molecule has 0 spiro atoms. The summed E-state index contributed by atoms with van der Waals surface area (Å²) in [5, 5.41) is 2.79. The van der Waals surface area contributed by atoms with E-state index in [0.29, 0.717) is 12.1 Å². The third-order valence-electron chi connectivity index (χ3n) is 3.14. The normalized spacial score (nSPS) is 10.3. The Hall–Kier alpha value is -2.43. The third kappa shape index (κ3) is 4.87. The smallest absolute Gasteiger partial charge is 0.252 e. The second kappa shape index (κ2) is 7.38. The van der Waals surface area contributed by atoms with Crippen molar-refractivity contribution in [2.75, 3.05) is 6.54 Å². The summed E-state index contributed by atoms with van der Waals surface area (Å²) in [6, 6.07) is 9.26. The minimum absolute atomic E-state index is 0.201. The van der Waals surface area contributed by atoms with Crippen LogP contribution in [0.4, 0.5) is 4.39 Å². The predicted octanol–water partition coefficient (Wildman–Crippen LogP) is 2.27. The Morgan fingerprint density at radius 1 is 1.10 bits per heavy atom. The molecule has 0 aliphatic rings. The van der Waals surface area contributed by atoms with Gasteiger partial charge in [0.05, 0.1) is 5.56 Å². The van der Waals surface area contributed by atoms with E-state index in [1.54, 1.807) is 12.1 Å². The van der Waals surface area contributed by atoms with E-state index in [1.165, 1.54) is 30.5 Å². The van der Waals surface area contributed by atoms with Gasteiger partial charge in [-0.2, -0.15) is 0 Å². The van der Waals surface area contributed by atoms with Gasteiger partial charge in [-0.15, -0.1) is 0 Å². The lowest BCUT2D eigenvalue weighted by atomic mass is 10.1. The Morgan fingerprint density at radius 2 is 1.86 bits per heavy atom. The monoisotopic (exact) mass is 288 g/mol. The van der Waals surface area contributed by atoms with Crippen molar-refractivity contribution in [3.05, 3.63) is 69.9 Å². The summed E-state index contributed by atoms with van der Waals surface area (Å²) in [7, 11) is 0. The molecule has 0 fully saturated rings. The van der Waals surface area contributed by atoms with Gasteiger partial charge in [0.2, 0.25) is 5.56 Å². The molecule has 5 heteroatoms. The highest BCUT2D eigenvalue weighted by molar-refractivity contribution is 5.93.